The van der Waals surface area contributed by atoms with Crippen LogP contribution in [0, 0.1) is 0 Å². The summed E-state index contributed by atoms with van der Waals surface area (Å²) in [6, 6.07) is 11.0. The van der Waals surface area contributed by atoms with Crippen LogP contribution in [0.4, 0.5) is 10.7 Å². The van der Waals surface area contributed by atoms with Crippen LogP contribution in [0.15, 0.2) is 41.2 Å². The Balaban J connectivity index is 1.59. The molecule has 1 aliphatic rings. The Labute approximate surface area is 155 Å². The van der Waals surface area contributed by atoms with Crippen molar-refractivity contribution in [2.24, 2.45) is 0 Å². The fourth-order valence-electron chi connectivity index (χ4n) is 3.17. The molecule has 0 unspecified atom stereocenters. The van der Waals surface area contributed by atoms with E-state index in [9.17, 15) is 9.59 Å². The third-order valence-electron chi connectivity index (χ3n) is 4.53. The van der Waals surface area contributed by atoms with Gasteiger partial charge in [-0.2, -0.15) is 0 Å². The molecule has 9 nitrogen and oxygen atoms in total. The first-order valence-electron chi connectivity index (χ1n) is 8.87. The van der Waals surface area contributed by atoms with Gasteiger partial charge in [-0.15, -0.1) is 5.10 Å². The zero-order chi connectivity index (χ0) is 18.8. The average molecular weight is 368 g/mol. The Bertz CT molecular complexity index is 1000. The number of H-pyrrole nitrogens is 1. The largest absolute Gasteiger partial charge is 0.450 e. The number of carbonyl (C=O) groups is 1. The maximum Gasteiger partial charge on any atom is 0.409 e. The summed E-state index contributed by atoms with van der Waals surface area (Å²) in [5, 5.41) is 7.13. The molecule has 0 spiro atoms. The third-order valence-corrected chi connectivity index (χ3v) is 4.53. The minimum absolute atomic E-state index is 0.199. The molecule has 1 aliphatic heterocycles. The Hall–Kier alpha value is -3.36. The highest BCUT2D eigenvalue weighted by Gasteiger charge is 2.25. The lowest BCUT2D eigenvalue weighted by atomic mass is 10.1. The van der Waals surface area contributed by atoms with E-state index >= 15 is 0 Å². The van der Waals surface area contributed by atoms with Gasteiger partial charge >= 0.3 is 6.09 Å². The topological polar surface area (TPSA) is 95.8 Å². The highest BCUT2D eigenvalue weighted by atomic mass is 16.6. The lowest BCUT2D eigenvalue weighted by Gasteiger charge is -2.33. The van der Waals surface area contributed by atoms with Gasteiger partial charge in [-0.05, 0) is 6.92 Å². The number of carbonyl (C=O) groups excluding carboxylic acids is 1. The predicted octanol–water partition coefficient (Wildman–Crippen LogP) is 1.36. The minimum Gasteiger partial charge on any atom is -0.450 e. The second-order valence-electron chi connectivity index (χ2n) is 6.20. The number of aromatic nitrogens is 4. The normalized spacial score (nSPS) is 14.6. The van der Waals surface area contributed by atoms with Crippen molar-refractivity contribution in [1.82, 2.24) is 24.5 Å². The summed E-state index contributed by atoms with van der Waals surface area (Å²) in [5.41, 5.74) is 1.27. The number of hydrogen-bond acceptors (Lipinski definition) is 6. The SMILES string of the molecule is CCOC(=O)N1CCN(c2n[nH]c3nc(-c4ccccc4)cc(=O)n23)CC1. The Kier molecular flexibility index (Phi) is 4.49. The van der Waals surface area contributed by atoms with E-state index in [-0.39, 0.29) is 11.7 Å². The molecule has 0 atom stereocenters. The maximum absolute atomic E-state index is 12.7. The van der Waals surface area contributed by atoms with E-state index in [0.717, 1.165) is 5.56 Å². The van der Waals surface area contributed by atoms with Gasteiger partial charge in [-0.3, -0.25) is 4.79 Å². The van der Waals surface area contributed by atoms with Gasteiger partial charge in [0.1, 0.15) is 0 Å². The van der Waals surface area contributed by atoms with Crippen LogP contribution in [0.2, 0.25) is 0 Å². The molecule has 27 heavy (non-hydrogen) atoms. The quantitative estimate of drug-likeness (QED) is 0.750. The van der Waals surface area contributed by atoms with Gasteiger partial charge in [0.2, 0.25) is 11.7 Å². The van der Waals surface area contributed by atoms with Gasteiger partial charge in [-0.1, -0.05) is 30.3 Å². The van der Waals surface area contributed by atoms with Crippen molar-refractivity contribution in [3.63, 3.8) is 0 Å². The van der Waals surface area contributed by atoms with E-state index in [1.54, 1.807) is 11.8 Å². The molecular weight excluding hydrogens is 348 g/mol. The molecule has 3 aromatic rings. The van der Waals surface area contributed by atoms with Crippen molar-refractivity contribution >= 4 is 17.8 Å². The van der Waals surface area contributed by atoms with Crippen LogP contribution in [0.5, 0.6) is 0 Å². The molecule has 3 heterocycles. The van der Waals surface area contributed by atoms with E-state index in [2.05, 4.69) is 15.2 Å². The van der Waals surface area contributed by atoms with Gasteiger partial charge in [0.15, 0.2) is 0 Å². The number of nitrogens with zero attached hydrogens (tertiary/aromatic N) is 5. The summed E-state index contributed by atoms with van der Waals surface area (Å²) in [5.74, 6) is 0.898. The van der Waals surface area contributed by atoms with Crippen LogP contribution in [-0.2, 0) is 4.74 Å². The zero-order valence-corrected chi connectivity index (χ0v) is 15.0. The molecule has 0 saturated carbocycles. The molecular formula is C18H20N6O3. The maximum atomic E-state index is 12.7. The number of rotatable bonds is 3. The van der Waals surface area contributed by atoms with Crippen molar-refractivity contribution in [2.45, 2.75) is 6.92 Å². The Morgan fingerprint density at radius 1 is 1.19 bits per heavy atom. The molecule has 0 radical (unpaired) electrons. The average Bonchev–Trinajstić information content (AvgIpc) is 3.14. The van der Waals surface area contributed by atoms with E-state index in [0.29, 0.717) is 50.2 Å². The summed E-state index contributed by atoms with van der Waals surface area (Å²) in [6.45, 7) is 4.28. The van der Waals surface area contributed by atoms with Crippen molar-refractivity contribution < 1.29 is 9.53 Å². The fraction of sp³-hybridized carbons (Fsp3) is 0.333. The number of ether oxygens (including phenoxy) is 1. The van der Waals surface area contributed by atoms with Crippen LogP contribution in [0.3, 0.4) is 0 Å². The van der Waals surface area contributed by atoms with Crippen LogP contribution in [0.1, 0.15) is 6.92 Å². The van der Waals surface area contributed by atoms with E-state index < -0.39 is 0 Å². The number of fused-ring (bicyclic) bond motifs is 1. The number of amides is 1. The lowest BCUT2D eigenvalue weighted by molar-refractivity contribution is 0.105. The van der Waals surface area contributed by atoms with E-state index in [1.807, 2.05) is 35.2 Å². The van der Waals surface area contributed by atoms with Crippen LogP contribution in [0.25, 0.3) is 17.0 Å². The molecule has 2 aromatic heterocycles. The van der Waals surface area contributed by atoms with Gasteiger partial charge in [0.05, 0.1) is 12.3 Å². The first kappa shape index (κ1) is 17.1. The van der Waals surface area contributed by atoms with E-state index in [1.165, 1.54) is 10.5 Å². The molecule has 1 fully saturated rings. The number of benzene rings is 1. The Morgan fingerprint density at radius 3 is 2.63 bits per heavy atom. The monoisotopic (exact) mass is 368 g/mol. The first-order valence-corrected chi connectivity index (χ1v) is 8.87. The van der Waals surface area contributed by atoms with Crippen LogP contribution >= 0.6 is 0 Å². The molecule has 140 valence electrons. The molecule has 1 amide bonds. The predicted molar refractivity (Wildman–Crippen MR) is 99.9 cm³/mol. The summed E-state index contributed by atoms with van der Waals surface area (Å²) >= 11 is 0. The highest BCUT2D eigenvalue weighted by Crippen LogP contribution is 2.18. The van der Waals surface area contributed by atoms with E-state index in [4.69, 9.17) is 4.74 Å². The van der Waals surface area contributed by atoms with Gasteiger partial charge in [-0.25, -0.2) is 19.3 Å². The summed E-state index contributed by atoms with van der Waals surface area (Å²) in [6.07, 6.45) is -0.310. The number of nitrogens with one attached hydrogen (secondary N) is 1. The molecule has 1 aromatic carbocycles. The van der Waals surface area contributed by atoms with Gasteiger partial charge < -0.3 is 14.5 Å². The molecule has 0 bridgehead atoms. The van der Waals surface area contributed by atoms with Crippen molar-refractivity contribution in [3.05, 3.63) is 46.8 Å². The van der Waals surface area contributed by atoms with Crippen molar-refractivity contribution in [2.75, 3.05) is 37.7 Å². The smallest absolute Gasteiger partial charge is 0.409 e. The molecule has 1 N–H and O–H groups in total. The van der Waals surface area contributed by atoms with Gasteiger partial charge in [0.25, 0.3) is 5.56 Å². The zero-order valence-electron chi connectivity index (χ0n) is 15.0. The summed E-state index contributed by atoms with van der Waals surface area (Å²) in [4.78, 5) is 32.7. The molecule has 1 saturated heterocycles. The summed E-state index contributed by atoms with van der Waals surface area (Å²) in [7, 11) is 0. The number of aromatic amines is 1. The number of piperazine rings is 1. The Morgan fingerprint density at radius 2 is 1.93 bits per heavy atom. The van der Waals surface area contributed by atoms with Gasteiger partial charge in [0, 0.05) is 37.8 Å². The lowest BCUT2D eigenvalue weighted by Crippen LogP contribution is -2.49. The second-order valence-corrected chi connectivity index (χ2v) is 6.20. The second kappa shape index (κ2) is 7.10. The fourth-order valence-corrected chi connectivity index (χ4v) is 3.17. The first-order chi connectivity index (χ1) is 13.2. The number of hydrogen-bond donors (Lipinski definition) is 1. The van der Waals surface area contributed by atoms with Crippen molar-refractivity contribution in [1.29, 1.82) is 0 Å². The molecule has 4 rings (SSSR count). The van der Waals surface area contributed by atoms with Crippen molar-refractivity contribution in [3.8, 4) is 11.3 Å². The highest BCUT2D eigenvalue weighted by molar-refractivity contribution is 5.68. The third kappa shape index (κ3) is 3.23. The van der Waals surface area contributed by atoms with Crippen LogP contribution < -0.4 is 10.5 Å². The standard InChI is InChI=1S/C18H20N6O3/c1-2-27-18(26)23-10-8-22(9-11-23)17-21-20-16-19-14(12-15(25)24(16)17)13-6-4-3-5-7-13/h3-7,12H,2,8-11H2,1H3,(H,19,20). The summed E-state index contributed by atoms with van der Waals surface area (Å²) < 4.78 is 6.50. The molecule has 0 aliphatic carbocycles. The number of anilines is 1. The minimum atomic E-state index is -0.310. The molecule has 9 heteroatoms. The van der Waals surface area contributed by atoms with Crippen LogP contribution in [-0.4, -0.2) is 63.4 Å².